The van der Waals surface area contributed by atoms with E-state index < -0.39 is 0 Å². The zero-order valence-corrected chi connectivity index (χ0v) is 17.1. The fraction of sp³-hybridized carbons (Fsp3) is 0.150. The van der Waals surface area contributed by atoms with E-state index in [-0.39, 0.29) is 11.2 Å². The summed E-state index contributed by atoms with van der Waals surface area (Å²) in [6.07, 6.45) is 1.51. The Hall–Kier alpha value is -2.08. The van der Waals surface area contributed by atoms with Gasteiger partial charge in [0.1, 0.15) is 5.15 Å². The third kappa shape index (κ3) is 5.22. The molecule has 0 aliphatic rings. The summed E-state index contributed by atoms with van der Waals surface area (Å²) in [4.78, 5) is 17.6. The quantitative estimate of drug-likeness (QED) is 0.258. The highest BCUT2D eigenvalue weighted by atomic mass is 35.5. The average Bonchev–Trinajstić information content (AvgIpc) is 2.64. The summed E-state index contributed by atoms with van der Waals surface area (Å²) in [5.74, 6) is -0.202. The van der Waals surface area contributed by atoms with E-state index in [0.717, 1.165) is 21.4 Å². The minimum absolute atomic E-state index is 0.202. The molecular formula is C20H17Cl2N3OS. The number of pyridine rings is 1. The molecule has 138 valence electrons. The van der Waals surface area contributed by atoms with Crippen molar-refractivity contribution in [1.82, 2.24) is 10.4 Å². The summed E-state index contributed by atoms with van der Waals surface area (Å²) < 4.78 is 0. The number of amides is 1. The van der Waals surface area contributed by atoms with Crippen molar-refractivity contribution in [2.45, 2.75) is 24.0 Å². The van der Waals surface area contributed by atoms with Gasteiger partial charge in [-0.15, -0.1) is 11.8 Å². The highest BCUT2D eigenvalue weighted by Gasteiger charge is 2.13. The van der Waals surface area contributed by atoms with Gasteiger partial charge in [-0.25, -0.2) is 10.4 Å². The van der Waals surface area contributed by atoms with Gasteiger partial charge in [-0.3, -0.25) is 4.79 Å². The fourth-order valence-electron chi connectivity index (χ4n) is 2.39. The molecule has 0 aliphatic carbocycles. The molecule has 1 aromatic heterocycles. The van der Waals surface area contributed by atoms with E-state index in [1.54, 1.807) is 12.1 Å². The van der Waals surface area contributed by atoms with Crippen LogP contribution >= 0.6 is 35.0 Å². The number of aryl methyl sites for hydroxylation is 1. The Labute approximate surface area is 172 Å². The van der Waals surface area contributed by atoms with Crippen LogP contribution in [-0.4, -0.2) is 22.4 Å². The Morgan fingerprint density at radius 2 is 1.93 bits per heavy atom. The highest BCUT2D eigenvalue weighted by molar-refractivity contribution is 8.00. The topological polar surface area (TPSA) is 54.4 Å². The van der Waals surface area contributed by atoms with Crippen molar-refractivity contribution >= 4 is 58.0 Å². The molecule has 4 nitrogen and oxygen atoms in total. The van der Waals surface area contributed by atoms with E-state index in [4.69, 9.17) is 23.2 Å². The normalized spacial score (nSPS) is 12.4. The molecule has 3 rings (SSSR count). The Morgan fingerprint density at radius 1 is 1.19 bits per heavy atom. The lowest BCUT2D eigenvalue weighted by Gasteiger charge is -2.09. The number of hydrogen-bond acceptors (Lipinski definition) is 4. The zero-order valence-electron chi connectivity index (χ0n) is 14.7. The van der Waals surface area contributed by atoms with Crippen LogP contribution in [0.3, 0.4) is 0 Å². The molecule has 0 saturated heterocycles. The Bertz CT molecular complexity index is 1010. The lowest BCUT2D eigenvalue weighted by Crippen LogP contribution is -2.26. The number of carbonyl (C=O) groups excluding carboxylic acids is 1. The first kappa shape index (κ1) is 19.7. The van der Waals surface area contributed by atoms with Gasteiger partial charge in [0.05, 0.1) is 17.0 Å². The Kier molecular flexibility index (Phi) is 6.37. The van der Waals surface area contributed by atoms with Gasteiger partial charge in [-0.1, -0.05) is 35.3 Å². The van der Waals surface area contributed by atoms with Crippen LogP contribution in [0.2, 0.25) is 10.2 Å². The molecule has 0 radical (unpaired) electrons. The zero-order chi connectivity index (χ0) is 19.4. The molecule has 1 atom stereocenters. The average molecular weight is 418 g/mol. The molecule has 0 aliphatic heterocycles. The smallest absolute Gasteiger partial charge is 0.253 e. The second kappa shape index (κ2) is 8.74. The monoisotopic (exact) mass is 417 g/mol. The summed E-state index contributed by atoms with van der Waals surface area (Å²) in [5, 5.41) is 5.68. The molecule has 3 aromatic rings. The van der Waals surface area contributed by atoms with Crippen molar-refractivity contribution < 1.29 is 4.79 Å². The molecule has 27 heavy (non-hydrogen) atoms. The highest BCUT2D eigenvalue weighted by Crippen LogP contribution is 2.25. The van der Waals surface area contributed by atoms with E-state index in [2.05, 4.69) is 15.5 Å². The summed E-state index contributed by atoms with van der Waals surface area (Å²) in [6.45, 7) is 3.82. The number of thioether (sulfide) groups is 1. The Morgan fingerprint density at radius 3 is 2.67 bits per heavy atom. The molecular weight excluding hydrogens is 401 g/mol. The lowest BCUT2D eigenvalue weighted by atomic mass is 10.1. The van der Waals surface area contributed by atoms with Crippen molar-refractivity contribution in [3.8, 4) is 0 Å². The maximum Gasteiger partial charge on any atom is 0.253 e. The predicted molar refractivity (Wildman–Crippen MR) is 114 cm³/mol. The third-order valence-electron chi connectivity index (χ3n) is 3.83. The second-order valence-corrected chi connectivity index (χ2v) is 8.22. The molecule has 1 heterocycles. The van der Waals surface area contributed by atoms with Crippen molar-refractivity contribution in [3.05, 3.63) is 69.8 Å². The van der Waals surface area contributed by atoms with Crippen LogP contribution in [0.15, 0.2) is 58.5 Å². The summed E-state index contributed by atoms with van der Waals surface area (Å²) in [7, 11) is 0. The molecule has 1 N–H and O–H groups in total. The van der Waals surface area contributed by atoms with Gasteiger partial charge in [-0.2, -0.15) is 5.10 Å². The van der Waals surface area contributed by atoms with E-state index in [0.29, 0.717) is 15.7 Å². The standard InChI is InChI=1S/C20H17Cl2N3OS/c1-12-3-4-14-10-15(19(22)24-18(14)9-12)11-23-25-20(26)13(2)27-17-7-5-16(21)6-8-17/h3-11,13H,1-2H3,(H,25,26)/b23-11-/t13-/m1/s1. The molecule has 7 heteroatoms. The number of nitrogens with zero attached hydrogens (tertiary/aromatic N) is 2. The van der Waals surface area contributed by atoms with Crippen molar-refractivity contribution in [3.63, 3.8) is 0 Å². The first-order valence-corrected chi connectivity index (χ1v) is 9.88. The summed E-state index contributed by atoms with van der Waals surface area (Å²) in [5.41, 5.74) is 5.13. The number of rotatable bonds is 5. The van der Waals surface area contributed by atoms with Gasteiger partial charge in [0, 0.05) is 20.9 Å². The first-order chi connectivity index (χ1) is 12.9. The van der Waals surface area contributed by atoms with Crippen LogP contribution in [0.5, 0.6) is 0 Å². The SMILES string of the molecule is Cc1ccc2cc(/C=N\NC(=O)[C@@H](C)Sc3ccc(Cl)cc3)c(Cl)nc2c1. The maximum absolute atomic E-state index is 12.2. The van der Waals surface area contributed by atoms with Crippen LogP contribution < -0.4 is 5.43 Å². The predicted octanol–water partition coefficient (Wildman–Crippen LogP) is 5.48. The van der Waals surface area contributed by atoms with Crippen molar-refractivity contribution in [2.24, 2.45) is 5.10 Å². The lowest BCUT2D eigenvalue weighted by molar-refractivity contribution is -0.120. The molecule has 0 bridgehead atoms. The number of hydrazone groups is 1. The van der Waals surface area contributed by atoms with E-state index in [9.17, 15) is 4.79 Å². The Balaban J connectivity index is 1.64. The minimum atomic E-state index is -0.309. The van der Waals surface area contributed by atoms with Gasteiger partial charge in [-0.05, 0) is 55.8 Å². The van der Waals surface area contributed by atoms with Gasteiger partial charge in [0.25, 0.3) is 5.91 Å². The van der Waals surface area contributed by atoms with Gasteiger partial charge in [0.15, 0.2) is 0 Å². The van der Waals surface area contributed by atoms with Crippen molar-refractivity contribution in [1.29, 1.82) is 0 Å². The number of hydrogen-bond donors (Lipinski definition) is 1. The molecule has 0 fully saturated rings. The number of aromatic nitrogens is 1. The largest absolute Gasteiger partial charge is 0.272 e. The number of nitrogens with one attached hydrogen (secondary N) is 1. The fourth-order valence-corrected chi connectivity index (χ4v) is 3.57. The van der Waals surface area contributed by atoms with Crippen LogP contribution in [0.4, 0.5) is 0 Å². The van der Waals surface area contributed by atoms with E-state index >= 15 is 0 Å². The molecule has 0 saturated carbocycles. The van der Waals surface area contributed by atoms with E-state index in [1.165, 1.54) is 18.0 Å². The summed E-state index contributed by atoms with van der Waals surface area (Å²) >= 11 is 13.5. The van der Waals surface area contributed by atoms with Gasteiger partial charge in [0.2, 0.25) is 0 Å². The van der Waals surface area contributed by atoms with Crippen molar-refractivity contribution in [2.75, 3.05) is 0 Å². The minimum Gasteiger partial charge on any atom is -0.272 e. The number of fused-ring (bicyclic) bond motifs is 1. The molecule has 0 unspecified atom stereocenters. The summed E-state index contributed by atoms with van der Waals surface area (Å²) in [6, 6.07) is 15.2. The first-order valence-electron chi connectivity index (χ1n) is 8.24. The second-order valence-electron chi connectivity index (χ2n) is 6.01. The molecule has 1 amide bonds. The maximum atomic E-state index is 12.2. The molecule has 0 spiro atoms. The van der Waals surface area contributed by atoms with E-state index in [1.807, 2.05) is 50.2 Å². The number of benzene rings is 2. The van der Waals surface area contributed by atoms with Gasteiger partial charge >= 0.3 is 0 Å². The molecule has 2 aromatic carbocycles. The van der Waals surface area contributed by atoms with Crippen LogP contribution in [0.25, 0.3) is 10.9 Å². The number of carbonyl (C=O) groups is 1. The van der Waals surface area contributed by atoms with Gasteiger partial charge < -0.3 is 0 Å². The third-order valence-corrected chi connectivity index (χ3v) is 5.49. The number of halogens is 2. The van der Waals surface area contributed by atoms with Crippen LogP contribution in [-0.2, 0) is 4.79 Å². The van der Waals surface area contributed by atoms with Crippen LogP contribution in [0, 0.1) is 6.92 Å². The van der Waals surface area contributed by atoms with Crippen LogP contribution in [0.1, 0.15) is 18.1 Å².